The molecule has 1 aromatic carbocycles. The van der Waals surface area contributed by atoms with Gasteiger partial charge in [-0.05, 0) is 32.0 Å². The van der Waals surface area contributed by atoms with Crippen LogP contribution in [-0.2, 0) is 4.74 Å². The number of aromatic nitrogens is 1. The standard InChI is InChI=1S/C13H11Cl2NO2S/c1-3-18-13(17)11-7(2)16-12(19-11)8-4-9(14)6-10(15)5-8/h4-6H,3H2,1-2H3. The van der Waals surface area contributed by atoms with Crippen molar-refractivity contribution in [2.45, 2.75) is 13.8 Å². The van der Waals surface area contributed by atoms with Gasteiger partial charge in [0.25, 0.3) is 0 Å². The van der Waals surface area contributed by atoms with E-state index in [2.05, 4.69) is 4.98 Å². The predicted molar refractivity (Wildman–Crippen MR) is 78.3 cm³/mol. The van der Waals surface area contributed by atoms with Crippen LogP contribution in [0.15, 0.2) is 18.2 Å². The lowest BCUT2D eigenvalue weighted by Gasteiger charge is -1.99. The van der Waals surface area contributed by atoms with Gasteiger partial charge in [0.15, 0.2) is 0 Å². The fourth-order valence-corrected chi connectivity index (χ4v) is 3.06. The van der Waals surface area contributed by atoms with Gasteiger partial charge in [-0.2, -0.15) is 0 Å². The first-order valence-electron chi connectivity index (χ1n) is 5.62. The topological polar surface area (TPSA) is 39.2 Å². The van der Waals surface area contributed by atoms with Gasteiger partial charge in [-0.3, -0.25) is 0 Å². The van der Waals surface area contributed by atoms with Crippen molar-refractivity contribution in [3.05, 3.63) is 38.8 Å². The van der Waals surface area contributed by atoms with Crippen LogP contribution in [0.25, 0.3) is 10.6 Å². The van der Waals surface area contributed by atoms with Crippen molar-refractivity contribution in [3.8, 4) is 10.6 Å². The number of thiazole rings is 1. The van der Waals surface area contributed by atoms with Crippen LogP contribution in [0.4, 0.5) is 0 Å². The number of esters is 1. The smallest absolute Gasteiger partial charge is 0.350 e. The number of rotatable bonds is 3. The van der Waals surface area contributed by atoms with E-state index in [-0.39, 0.29) is 5.97 Å². The van der Waals surface area contributed by atoms with E-state index in [0.29, 0.717) is 32.2 Å². The molecular weight excluding hydrogens is 305 g/mol. The summed E-state index contributed by atoms with van der Waals surface area (Å²) in [4.78, 5) is 16.6. The molecule has 1 aromatic heterocycles. The quantitative estimate of drug-likeness (QED) is 0.777. The summed E-state index contributed by atoms with van der Waals surface area (Å²) in [6.45, 7) is 3.89. The van der Waals surface area contributed by atoms with Gasteiger partial charge < -0.3 is 4.74 Å². The van der Waals surface area contributed by atoms with Crippen molar-refractivity contribution >= 4 is 40.5 Å². The highest BCUT2D eigenvalue weighted by atomic mass is 35.5. The number of carbonyl (C=O) groups excluding carboxylic acids is 1. The minimum atomic E-state index is -0.350. The molecule has 0 radical (unpaired) electrons. The molecular formula is C13H11Cl2NO2S. The second kappa shape index (κ2) is 5.90. The summed E-state index contributed by atoms with van der Waals surface area (Å²) in [5.41, 5.74) is 1.44. The first-order chi connectivity index (χ1) is 9.01. The fourth-order valence-electron chi connectivity index (χ4n) is 1.58. The third kappa shape index (κ3) is 3.26. The monoisotopic (exact) mass is 315 g/mol. The van der Waals surface area contributed by atoms with Crippen LogP contribution in [0.2, 0.25) is 10.0 Å². The van der Waals surface area contributed by atoms with Gasteiger partial charge in [-0.15, -0.1) is 11.3 Å². The second-order valence-electron chi connectivity index (χ2n) is 3.81. The van der Waals surface area contributed by atoms with E-state index in [1.807, 2.05) is 0 Å². The largest absolute Gasteiger partial charge is 0.462 e. The molecule has 0 atom stereocenters. The predicted octanol–water partition coefficient (Wildman–Crippen LogP) is 4.60. The van der Waals surface area contributed by atoms with E-state index in [1.54, 1.807) is 32.0 Å². The molecule has 0 spiro atoms. The van der Waals surface area contributed by atoms with Crippen molar-refractivity contribution in [1.82, 2.24) is 4.98 Å². The second-order valence-corrected chi connectivity index (χ2v) is 5.68. The van der Waals surface area contributed by atoms with Gasteiger partial charge >= 0.3 is 5.97 Å². The lowest BCUT2D eigenvalue weighted by atomic mass is 10.2. The van der Waals surface area contributed by atoms with E-state index in [4.69, 9.17) is 27.9 Å². The Balaban J connectivity index is 2.41. The Bertz CT molecular complexity index is 605. The van der Waals surface area contributed by atoms with Crippen LogP contribution in [0.1, 0.15) is 22.3 Å². The summed E-state index contributed by atoms with van der Waals surface area (Å²) in [7, 11) is 0. The van der Waals surface area contributed by atoms with Crippen LogP contribution >= 0.6 is 34.5 Å². The molecule has 0 amide bonds. The number of nitrogens with zero attached hydrogens (tertiary/aromatic N) is 1. The molecule has 0 aliphatic heterocycles. The Morgan fingerprint density at radius 2 is 1.95 bits per heavy atom. The third-order valence-electron chi connectivity index (χ3n) is 2.37. The molecule has 6 heteroatoms. The molecule has 2 rings (SSSR count). The van der Waals surface area contributed by atoms with Crippen molar-refractivity contribution < 1.29 is 9.53 Å². The zero-order valence-corrected chi connectivity index (χ0v) is 12.7. The molecule has 0 saturated carbocycles. The first kappa shape index (κ1) is 14.3. The molecule has 0 bridgehead atoms. The highest BCUT2D eigenvalue weighted by molar-refractivity contribution is 7.17. The molecule has 100 valence electrons. The van der Waals surface area contributed by atoms with E-state index in [1.165, 1.54) is 11.3 Å². The third-order valence-corrected chi connectivity index (χ3v) is 3.99. The Labute approximate surface area is 125 Å². The molecule has 0 N–H and O–H groups in total. The SMILES string of the molecule is CCOC(=O)c1sc(-c2cc(Cl)cc(Cl)c2)nc1C. The van der Waals surface area contributed by atoms with E-state index >= 15 is 0 Å². The number of hydrogen-bond donors (Lipinski definition) is 0. The maximum Gasteiger partial charge on any atom is 0.350 e. The maximum absolute atomic E-state index is 11.7. The summed E-state index contributed by atoms with van der Waals surface area (Å²) >= 11 is 13.2. The Morgan fingerprint density at radius 3 is 2.53 bits per heavy atom. The number of aryl methyl sites for hydroxylation is 1. The van der Waals surface area contributed by atoms with Crippen LogP contribution in [0.3, 0.4) is 0 Å². The summed E-state index contributed by atoms with van der Waals surface area (Å²) in [5.74, 6) is -0.350. The first-order valence-corrected chi connectivity index (χ1v) is 7.19. The minimum absolute atomic E-state index is 0.342. The Hall–Kier alpha value is -1.10. The van der Waals surface area contributed by atoms with Crippen molar-refractivity contribution in [2.75, 3.05) is 6.61 Å². The zero-order chi connectivity index (χ0) is 14.0. The van der Waals surface area contributed by atoms with Crippen LogP contribution in [-0.4, -0.2) is 17.6 Å². The van der Waals surface area contributed by atoms with Gasteiger partial charge in [0.1, 0.15) is 9.88 Å². The normalized spacial score (nSPS) is 10.5. The molecule has 0 fully saturated rings. The lowest BCUT2D eigenvalue weighted by Crippen LogP contribution is -2.03. The number of hydrogen-bond acceptors (Lipinski definition) is 4. The average molecular weight is 316 g/mol. The van der Waals surface area contributed by atoms with Crippen molar-refractivity contribution in [2.24, 2.45) is 0 Å². The Morgan fingerprint density at radius 1 is 1.32 bits per heavy atom. The van der Waals surface area contributed by atoms with Gasteiger partial charge in [0.2, 0.25) is 0 Å². The highest BCUT2D eigenvalue weighted by Gasteiger charge is 2.17. The van der Waals surface area contributed by atoms with Crippen LogP contribution < -0.4 is 0 Å². The van der Waals surface area contributed by atoms with E-state index < -0.39 is 0 Å². The van der Waals surface area contributed by atoms with Gasteiger partial charge in [0.05, 0.1) is 12.3 Å². The number of halogens is 2. The lowest BCUT2D eigenvalue weighted by molar-refractivity contribution is 0.0531. The fraction of sp³-hybridized carbons (Fsp3) is 0.231. The molecule has 0 aliphatic carbocycles. The minimum Gasteiger partial charge on any atom is -0.462 e. The summed E-state index contributed by atoms with van der Waals surface area (Å²) in [5, 5.41) is 1.77. The van der Waals surface area contributed by atoms with Gasteiger partial charge in [0, 0.05) is 15.6 Å². The number of carbonyl (C=O) groups is 1. The van der Waals surface area contributed by atoms with Gasteiger partial charge in [-0.1, -0.05) is 23.2 Å². The molecule has 3 nitrogen and oxygen atoms in total. The maximum atomic E-state index is 11.7. The van der Waals surface area contributed by atoms with Gasteiger partial charge in [-0.25, -0.2) is 9.78 Å². The van der Waals surface area contributed by atoms with Crippen LogP contribution in [0.5, 0.6) is 0 Å². The highest BCUT2D eigenvalue weighted by Crippen LogP contribution is 2.32. The summed E-state index contributed by atoms with van der Waals surface area (Å²) in [6.07, 6.45) is 0. The molecule has 0 aliphatic rings. The zero-order valence-electron chi connectivity index (χ0n) is 10.4. The Kier molecular flexibility index (Phi) is 4.45. The van der Waals surface area contributed by atoms with E-state index in [9.17, 15) is 4.79 Å². The molecule has 0 unspecified atom stereocenters. The molecule has 19 heavy (non-hydrogen) atoms. The molecule has 2 aromatic rings. The van der Waals surface area contributed by atoms with Crippen molar-refractivity contribution in [3.63, 3.8) is 0 Å². The summed E-state index contributed by atoms with van der Waals surface area (Å²) in [6, 6.07) is 5.18. The summed E-state index contributed by atoms with van der Waals surface area (Å²) < 4.78 is 4.98. The number of benzene rings is 1. The number of ether oxygens (including phenoxy) is 1. The molecule has 0 saturated heterocycles. The van der Waals surface area contributed by atoms with Crippen LogP contribution in [0, 0.1) is 6.92 Å². The van der Waals surface area contributed by atoms with E-state index in [0.717, 1.165) is 5.56 Å². The molecule has 1 heterocycles. The van der Waals surface area contributed by atoms with Crippen molar-refractivity contribution in [1.29, 1.82) is 0 Å². The average Bonchev–Trinajstić information content (AvgIpc) is 2.70.